The zero-order valence-electron chi connectivity index (χ0n) is 13.9. The quantitative estimate of drug-likeness (QED) is 0.797. The molecule has 0 radical (unpaired) electrons. The van der Waals surface area contributed by atoms with E-state index in [0.29, 0.717) is 23.9 Å². The van der Waals surface area contributed by atoms with Crippen LogP contribution in [0.4, 0.5) is 0 Å². The minimum absolute atomic E-state index is 0.310. The zero-order valence-corrected chi connectivity index (χ0v) is 13.9. The summed E-state index contributed by atoms with van der Waals surface area (Å²) in [6.07, 6.45) is 9.02. The van der Waals surface area contributed by atoms with E-state index in [9.17, 15) is 4.79 Å². The van der Waals surface area contributed by atoms with Gasteiger partial charge in [-0.25, -0.2) is 0 Å². The fourth-order valence-electron chi connectivity index (χ4n) is 5.01. The fraction of sp³-hybridized carbons (Fsp3) is 0.550. The summed E-state index contributed by atoms with van der Waals surface area (Å²) in [4.78, 5) is 16.9. The Bertz CT molecular complexity index is 611. The summed E-state index contributed by atoms with van der Waals surface area (Å²) in [5.41, 5.74) is 1.57. The summed E-state index contributed by atoms with van der Waals surface area (Å²) < 4.78 is 0. The van der Waals surface area contributed by atoms with Gasteiger partial charge in [-0.2, -0.15) is 0 Å². The smallest absolute Gasteiger partial charge is 0.222 e. The molecule has 4 atom stereocenters. The topological polar surface area (TPSA) is 23.3 Å². The maximum atomic E-state index is 12.1. The SMILES string of the molecule is CCC(=O)N1CCC2CCC3N(CC=Cc4ccccc4)C23C1. The maximum Gasteiger partial charge on any atom is 0.222 e. The molecule has 2 aliphatic heterocycles. The van der Waals surface area contributed by atoms with Gasteiger partial charge in [-0.1, -0.05) is 49.4 Å². The van der Waals surface area contributed by atoms with Crippen LogP contribution < -0.4 is 0 Å². The van der Waals surface area contributed by atoms with Crippen LogP contribution in [0.3, 0.4) is 0 Å². The summed E-state index contributed by atoms with van der Waals surface area (Å²) >= 11 is 0. The van der Waals surface area contributed by atoms with Gasteiger partial charge in [-0.3, -0.25) is 9.69 Å². The molecule has 1 aromatic carbocycles. The molecule has 1 aliphatic carbocycles. The number of carbonyl (C=O) groups is 1. The van der Waals surface area contributed by atoms with Gasteiger partial charge in [0.2, 0.25) is 5.91 Å². The Morgan fingerprint density at radius 2 is 2.09 bits per heavy atom. The second-order valence-electron chi connectivity index (χ2n) is 7.20. The number of carbonyl (C=O) groups excluding carboxylic acids is 1. The molecule has 1 spiro atoms. The fourth-order valence-corrected chi connectivity index (χ4v) is 5.01. The molecule has 0 bridgehead atoms. The lowest BCUT2D eigenvalue weighted by molar-refractivity contribution is -0.133. The van der Waals surface area contributed by atoms with E-state index in [1.54, 1.807) is 0 Å². The number of rotatable bonds is 4. The van der Waals surface area contributed by atoms with Gasteiger partial charge in [-0.15, -0.1) is 0 Å². The maximum absolute atomic E-state index is 12.1. The molecule has 3 fully saturated rings. The van der Waals surface area contributed by atoms with Crippen LogP contribution in [0.2, 0.25) is 0 Å². The van der Waals surface area contributed by atoms with Gasteiger partial charge in [0, 0.05) is 32.1 Å². The number of likely N-dealkylation sites (tertiary alicyclic amines) is 2. The number of benzene rings is 1. The first-order chi connectivity index (χ1) is 11.3. The second-order valence-corrected chi connectivity index (χ2v) is 7.20. The van der Waals surface area contributed by atoms with Crippen molar-refractivity contribution in [2.24, 2.45) is 5.92 Å². The van der Waals surface area contributed by atoms with E-state index in [2.05, 4.69) is 52.3 Å². The van der Waals surface area contributed by atoms with Crippen molar-refractivity contribution in [1.29, 1.82) is 0 Å². The van der Waals surface area contributed by atoms with Crippen LogP contribution in [0.1, 0.15) is 38.2 Å². The Balaban J connectivity index is 1.43. The van der Waals surface area contributed by atoms with Crippen LogP contribution in [0.25, 0.3) is 6.08 Å². The van der Waals surface area contributed by atoms with Gasteiger partial charge in [0.05, 0.1) is 5.54 Å². The molecule has 3 nitrogen and oxygen atoms in total. The Morgan fingerprint density at radius 1 is 1.26 bits per heavy atom. The van der Waals surface area contributed by atoms with E-state index in [0.717, 1.165) is 25.6 Å². The Kier molecular flexibility index (Phi) is 3.76. The molecule has 1 saturated carbocycles. The molecule has 0 N–H and O–H groups in total. The summed E-state index contributed by atoms with van der Waals surface area (Å²) in [7, 11) is 0. The second kappa shape index (κ2) is 5.79. The molecule has 1 amide bonds. The molecule has 3 heteroatoms. The molecule has 23 heavy (non-hydrogen) atoms. The summed E-state index contributed by atoms with van der Waals surface area (Å²) in [5, 5.41) is 0. The highest BCUT2D eigenvalue weighted by atomic mass is 16.2. The molecule has 122 valence electrons. The monoisotopic (exact) mass is 310 g/mol. The highest BCUT2D eigenvalue weighted by molar-refractivity contribution is 5.76. The van der Waals surface area contributed by atoms with Crippen molar-refractivity contribution in [2.45, 2.75) is 44.2 Å². The zero-order chi connectivity index (χ0) is 15.9. The highest BCUT2D eigenvalue weighted by Gasteiger charge is 2.70. The van der Waals surface area contributed by atoms with Gasteiger partial charge in [0.25, 0.3) is 0 Å². The van der Waals surface area contributed by atoms with Crippen LogP contribution >= 0.6 is 0 Å². The van der Waals surface area contributed by atoms with Crippen LogP contribution in [-0.4, -0.2) is 46.9 Å². The van der Waals surface area contributed by atoms with Crippen molar-refractivity contribution in [3.05, 3.63) is 42.0 Å². The Morgan fingerprint density at radius 3 is 2.87 bits per heavy atom. The molecular weight excluding hydrogens is 284 g/mol. The molecule has 2 heterocycles. The minimum Gasteiger partial charge on any atom is -0.341 e. The lowest BCUT2D eigenvalue weighted by Crippen LogP contribution is -2.50. The normalized spacial score (nSPS) is 35.2. The van der Waals surface area contributed by atoms with E-state index < -0.39 is 0 Å². The number of hydrogen-bond donors (Lipinski definition) is 0. The van der Waals surface area contributed by atoms with Gasteiger partial charge in [-0.05, 0) is 30.7 Å². The van der Waals surface area contributed by atoms with E-state index >= 15 is 0 Å². The molecule has 1 aromatic rings. The predicted octanol–water partition coefficient (Wildman–Crippen LogP) is 3.18. The molecule has 2 saturated heterocycles. The van der Waals surface area contributed by atoms with Crippen molar-refractivity contribution in [3.8, 4) is 0 Å². The third kappa shape index (κ3) is 2.42. The van der Waals surface area contributed by atoms with Crippen molar-refractivity contribution in [3.63, 3.8) is 0 Å². The van der Waals surface area contributed by atoms with Gasteiger partial charge >= 0.3 is 0 Å². The first-order valence-electron chi connectivity index (χ1n) is 9.02. The average Bonchev–Trinajstić information content (AvgIpc) is 3.01. The summed E-state index contributed by atoms with van der Waals surface area (Å²) in [6, 6.07) is 11.2. The first-order valence-corrected chi connectivity index (χ1v) is 9.02. The van der Waals surface area contributed by atoms with E-state index in [-0.39, 0.29) is 0 Å². The first kappa shape index (κ1) is 14.9. The van der Waals surface area contributed by atoms with Gasteiger partial charge in [0.1, 0.15) is 0 Å². The largest absolute Gasteiger partial charge is 0.341 e. The number of piperidine rings is 2. The van der Waals surface area contributed by atoms with Crippen LogP contribution in [0.15, 0.2) is 36.4 Å². The number of hydrogen-bond acceptors (Lipinski definition) is 2. The lowest BCUT2D eigenvalue weighted by Gasteiger charge is -2.38. The Hall–Kier alpha value is -1.61. The third-order valence-corrected chi connectivity index (χ3v) is 6.17. The average molecular weight is 310 g/mol. The predicted molar refractivity (Wildman–Crippen MR) is 92.9 cm³/mol. The van der Waals surface area contributed by atoms with Crippen molar-refractivity contribution in [2.75, 3.05) is 19.6 Å². The molecule has 4 rings (SSSR count). The molecule has 3 aliphatic rings. The van der Waals surface area contributed by atoms with Crippen LogP contribution in [0.5, 0.6) is 0 Å². The molecule has 0 aromatic heterocycles. The van der Waals surface area contributed by atoms with Gasteiger partial charge < -0.3 is 4.90 Å². The van der Waals surface area contributed by atoms with Crippen molar-refractivity contribution < 1.29 is 4.79 Å². The van der Waals surface area contributed by atoms with Crippen LogP contribution in [0, 0.1) is 5.92 Å². The lowest BCUT2D eigenvalue weighted by atomic mass is 9.86. The summed E-state index contributed by atoms with van der Waals surface area (Å²) in [6.45, 7) is 4.93. The molecule has 4 unspecified atom stereocenters. The molecular formula is C20H26N2O. The number of nitrogens with zero attached hydrogens (tertiary/aromatic N) is 2. The third-order valence-electron chi connectivity index (χ3n) is 6.17. The number of amides is 1. The highest BCUT2D eigenvalue weighted by Crippen LogP contribution is 2.59. The minimum atomic E-state index is 0.310. The van der Waals surface area contributed by atoms with Gasteiger partial charge in [0.15, 0.2) is 0 Å². The van der Waals surface area contributed by atoms with Crippen molar-refractivity contribution in [1.82, 2.24) is 9.80 Å². The van der Waals surface area contributed by atoms with E-state index in [1.165, 1.54) is 24.8 Å². The van der Waals surface area contributed by atoms with E-state index in [1.807, 2.05) is 6.92 Å². The Labute approximate surface area is 139 Å². The van der Waals surface area contributed by atoms with Crippen molar-refractivity contribution >= 4 is 12.0 Å². The standard InChI is InChI=1S/C20H26N2O/c1-2-19(23)21-14-12-17-10-11-18-20(17,15-21)22(18)13-6-9-16-7-4-3-5-8-16/h3-9,17-18H,2,10-15H2,1H3. The summed E-state index contributed by atoms with van der Waals surface area (Å²) in [5.74, 6) is 1.13. The van der Waals surface area contributed by atoms with Crippen LogP contribution in [-0.2, 0) is 4.79 Å². The van der Waals surface area contributed by atoms with E-state index in [4.69, 9.17) is 0 Å².